The quantitative estimate of drug-likeness (QED) is 0.652. The summed E-state index contributed by atoms with van der Waals surface area (Å²) >= 11 is 12.7. The zero-order valence-corrected chi connectivity index (χ0v) is 16.3. The SMILES string of the molecule is CCC1([C@H](NC(=O)C2CCCC2)c2cc(O)cc(Cl)c2Cl)CCCC1. The topological polar surface area (TPSA) is 49.3 Å². The van der Waals surface area contributed by atoms with Crippen molar-refractivity contribution < 1.29 is 9.90 Å². The number of halogens is 2. The fraction of sp³-hybridized carbons (Fsp3) is 0.650. The van der Waals surface area contributed by atoms with Crippen LogP contribution in [0.4, 0.5) is 0 Å². The van der Waals surface area contributed by atoms with Gasteiger partial charge in [-0.3, -0.25) is 4.79 Å². The van der Waals surface area contributed by atoms with Crippen molar-refractivity contribution in [1.29, 1.82) is 0 Å². The Kier molecular flexibility index (Phi) is 5.85. The van der Waals surface area contributed by atoms with Crippen molar-refractivity contribution in [2.75, 3.05) is 0 Å². The van der Waals surface area contributed by atoms with Crippen LogP contribution < -0.4 is 5.32 Å². The molecule has 3 rings (SSSR count). The van der Waals surface area contributed by atoms with Gasteiger partial charge in [0.1, 0.15) is 5.75 Å². The van der Waals surface area contributed by atoms with Crippen molar-refractivity contribution >= 4 is 29.1 Å². The molecular formula is C20H27Cl2NO2. The Balaban J connectivity index is 1.98. The Morgan fingerprint density at radius 2 is 1.88 bits per heavy atom. The predicted molar refractivity (Wildman–Crippen MR) is 102 cm³/mol. The van der Waals surface area contributed by atoms with Crippen LogP contribution in [-0.2, 0) is 4.79 Å². The molecule has 2 aliphatic rings. The van der Waals surface area contributed by atoms with Crippen molar-refractivity contribution in [3.05, 3.63) is 27.7 Å². The number of phenols is 1. The van der Waals surface area contributed by atoms with E-state index in [0.29, 0.717) is 10.0 Å². The Hall–Kier alpha value is -0.930. The molecule has 0 spiro atoms. The number of carbonyl (C=O) groups is 1. The molecule has 2 N–H and O–H groups in total. The molecule has 2 saturated carbocycles. The van der Waals surface area contributed by atoms with E-state index in [4.69, 9.17) is 23.2 Å². The number of aromatic hydroxyl groups is 1. The maximum atomic E-state index is 12.9. The molecule has 0 heterocycles. The molecule has 0 unspecified atom stereocenters. The largest absolute Gasteiger partial charge is 0.508 e. The Morgan fingerprint density at radius 1 is 1.24 bits per heavy atom. The first-order valence-electron chi connectivity index (χ1n) is 9.45. The lowest BCUT2D eigenvalue weighted by Crippen LogP contribution is -2.42. The molecule has 1 atom stereocenters. The molecule has 0 radical (unpaired) electrons. The van der Waals surface area contributed by atoms with E-state index in [1.165, 1.54) is 6.07 Å². The Morgan fingerprint density at radius 3 is 2.48 bits per heavy atom. The summed E-state index contributed by atoms with van der Waals surface area (Å²) in [5, 5.41) is 14.1. The van der Waals surface area contributed by atoms with Crippen LogP contribution in [-0.4, -0.2) is 11.0 Å². The summed E-state index contributed by atoms with van der Waals surface area (Å²) < 4.78 is 0. The monoisotopic (exact) mass is 383 g/mol. The molecule has 0 bridgehead atoms. The van der Waals surface area contributed by atoms with Crippen LogP contribution in [0.1, 0.15) is 76.3 Å². The van der Waals surface area contributed by atoms with Crippen LogP contribution in [0.25, 0.3) is 0 Å². The van der Waals surface area contributed by atoms with E-state index in [2.05, 4.69) is 12.2 Å². The van der Waals surface area contributed by atoms with Crippen molar-refractivity contribution in [3.8, 4) is 5.75 Å². The fourth-order valence-electron chi connectivity index (χ4n) is 4.74. The van der Waals surface area contributed by atoms with Gasteiger partial charge in [0.25, 0.3) is 0 Å². The van der Waals surface area contributed by atoms with Gasteiger partial charge in [-0.05, 0) is 49.1 Å². The Labute approximate surface area is 160 Å². The average Bonchev–Trinajstić information content (AvgIpc) is 3.28. The van der Waals surface area contributed by atoms with Gasteiger partial charge in [-0.1, -0.05) is 55.8 Å². The van der Waals surface area contributed by atoms with Crippen molar-refractivity contribution in [2.24, 2.45) is 11.3 Å². The van der Waals surface area contributed by atoms with Crippen LogP contribution in [0, 0.1) is 11.3 Å². The molecule has 1 amide bonds. The predicted octanol–water partition coefficient (Wildman–Crippen LogP) is 6.02. The number of nitrogens with one attached hydrogen (secondary N) is 1. The summed E-state index contributed by atoms with van der Waals surface area (Å²) in [4.78, 5) is 12.9. The van der Waals surface area contributed by atoms with Gasteiger partial charge < -0.3 is 10.4 Å². The minimum atomic E-state index is -0.204. The molecule has 25 heavy (non-hydrogen) atoms. The lowest BCUT2D eigenvalue weighted by Gasteiger charge is -2.39. The first-order chi connectivity index (χ1) is 12.0. The van der Waals surface area contributed by atoms with Crippen LogP contribution in [0.2, 0.25) is 10.0 Å². The van der Waals surface area contributed by atoms with Crippen molar-refractivity contribution in [3.63, 3.8) is 0 Å². The van der Waals surface area contributed by atoms with E-state index >= 15 is 0 Å². The first kappa shape index (κ1) is 18.8. The van der Waals surface area contributed by atoms with E-state index in [0.717, 1.165) is 63.4 Å². The zero-order chi connectivity index (χ0) is 18.0. The van der Waals surface area contributed by atoms with Gasteiger partial charge in [0.2, 0.25) is 5.91 Å². The van der Waals surface area contributed by atoms with Gasteiger partial charge in [-0.2, -0.15) is 0 Å². The third-order valence-electron chi connectivity index (χ3n) is 6.28. The normalized spacial score (nSPS) is 21.4. The fourth-order valence-corrected chi connectivity index (χ4v) is 5.18. The van der Waals surface area contributed by atoms with Crippen LogP contribution >= 0.6 is 23.2 Å². The maximum absolute atomic E-state index is 12.9. The van der Waals surface area contributed by atoms with Crippen molar-refractivity contribution in [1.82, 2.24) is 5.32 Å². The van der Waals surface area contributed by atoms with Gasteiger partial charge in [0, 0.05) is 12.0 Å². The lowest BCUT2D eigenvalue weighted by molar-refractivity contribution is -0.126. The molecule has 1 aromatic rings. The van der Waals surface area contributed by atoms with E-state index < -0.39 is 0 Å². The number of phenolic OH excluding ortho intramolecular Hbond substituents is 1. The minimum Gasteiger partial charge on any atom is -0.508 e. The molecule has 1 aromatic carbocycles. The second-order valence-corrected chi connectivity index (χ2v) is 8.46. The summed E-state index contributed by atoms with van der Waals surface area (Å²) in [5.41, 5.74) is 0.733. The number of rotatable bonds is 5. The van der Waals surface area contributed by atoms with Gasteiger partial charge in [0.05, 0.1) is 16.1 Å². The molecule has 2 fully saturated rings. The summed E-state index contributed by atoms with van der Waals surface area (Å²) in [6.07, 6.45) is 9.58. The number of benzene rings is 1. The van der Waals surface area contributed by atoms with Crippen molar-refractivity contribution in [2.45, 2.75) is 70.8 Å². The van der Waals surface area contributed by atoms with Gasteiger partial charge in [-0.25, -0.2) is 0 Å². The third kappa shape index (κ3) is 3.78. The smallest absolute Gasteiger partial charge is 0.223 e. The highest BCUT2D eigenvalue weighted by atomic mass is 35.5. The van der Waals surface area contributed by atoms with Gasteiger partial charge >= 0.3 is 0 Å². The standard InChI is InChI=1S/C20H27Cl2NO2/c1-2-20(9-5-6-10-20)18(23-19(25)13-7-3-4-8-13)15-11-14(24)12-16(21)17(15)22/h11-13,18,24H,2-10H2,1H3,(H,23,25)/t18-/m1/s1. The molecule has 138 valence electrons. The zero-order valence-electron chi connectivity index (χ0n) is 14.8. The number of amides is 1. The van der Waals surface area contributed by atoms with Crippen LogP contribution in [0.5, 0.6) is 5.75 Å². The highest BCUT2D eigenvalue weighted by Crippen LogP contribution is 2.52. The van der Waals surface area contributed by atoms with E-state index in [1.807, 2.05) is 0 Å². The number of hydrogen-bond donors (Lipinski definition) is 2. The summed E-state index contributed by atoms with van der Waals surface area (Å²) in [5.74, 6) is 0.316. The van der Waals surface area contributed by atoms with Crippen LogP contribution in [0.3, 0.4) is 0 Å². The minimum absolute atomic E-state index is 0.0188. The molecular weight excluding hydrogens is 357 g/mol. The van der Waals surface area contributed by atoms with E-state index in [1.54, 1.807) is 6.07 Å². The lowest BCUT2D eigenvalue weighted by atomic mass is 9.73. The third-order valence-corrected chi connectivity index (χ3v) is 7.10. The molecule has 0 aliphatic heterocycles. The average molecular weight is 384 g/mol. The number of hydrogen-bond acceptors (Lipinski definition) is 2. The van der Waals surface area contributed by atoms with Crippen LogP contribution in [0.15, 0.2) is 12.1 Å². The van der Waals surface area contributed by atoms with Gasteiger partial charge in [-0.15, -0.1) is 0 Å². The summed E-state index contributed by atoms with van der Waals surface area (Å²) in [7, 11) is 0. The molecule has 3 nitrogen and oxygen atoms in total. The second kappa shape index (κ2) is 7.75. The Bertz CT molecular complexity index is 635. The molecule has 2 aliphatic carbocycles. The highest BCUT2D eigenvalue weighted by Gasteiger charge is 2.43. The highest BCUT2D eigenvalue weighted by molar-refractivity contribution is 6.42. The second-order valence-electron chi connectivity index (χ2n) is 7.68. The van der Waals surface area contributed by atoms with Gasteiger partial charge in [0.15, 0.2) is 0 Å². The number of carbonyl (C=O) groups excluding carboxylic acids is 1. The maximum Gasteiger partial charge on any atom is 0.223 e. The molecule has 0 aromatic heterocycles. The summed E-state index contributed by atoms with van der Waals surface area (Å²) in [6.45, 7) is 2.18. The first-order valence-corrected chi connectivity index (χ1v) is 10.2. The molecule has 0 saturated heterocycles. The van der Waals surface area contributed by atoms with E-state index in [-0.39, 0.29) is 29.0 Å². The van der Waals surface area contributed by atoms with E-state index in [9.17, 15) is 9.90 Å². The molecule has 5 heteroatoms. The summed E-state index contributed by atoms with van der Waals surface area (Å²) in [6, 6.07) is 2.92.